The summed E-state index contributed by atoms with van der Waals surface area (Å²) in [7, 11) is -3.85. The molecule has 0 saturated heterocycles. The van der Waals surface area contributed by atoms with Crippen LogP contribution in [0.1, 0.15) is 20.8 Å². The molecule has 0 radical (unpaired) electrons. The van der Waals surface area contributed by atoms with E-state index >= 15 is 0 Å². The highest BCUT2D eigenvalue weighted by Gasteiger charge is 2.25. The van der Waals surface area contributed by atoms with Crippen molar-refractivity contribution in [3.8, 4) is 0 Å². The van der Waals surface area contributed by atoms with Gasteiger partial charge in [0, 0.05) is 0 Å². The Morgan fingerprint density at radius 3 is 2.23 bits per heavy atom. The first-order valence-electron chi connectivity index (χ1n) is 3.54. The quantitative estimate of drug-likeness (QED) is 0.638. The Hall–Kier alpha value is -1.02. The van der Waals surface area contributed by atoms with Crippen molar-refractivity contribution in [3.05, 3.63) is 0 Å². The number of sulfonamides is 1. The number of rotatable bonds is 1. The molecule has 13 heavy (non-hydrogen) atoms. The molecule has 0 unspecified atom stereocenters. The van der Waals surface area contributed by atoms with Crippen molar-refractivity contribution in [2.45, 2.75) is 31.5 Å². The van der Waals surface area contributed by atoms with E-state index in [9.17, 15) is 8.42 Å². The summed E-state index contributed by atoms with van der Waals surface area (Å²) in [6, 6.07) is 0. The minimum absolute atomic E-state index is 0.319. The van der Waals surface area contributed by atoms with Gasteiger partial charge >= 0.3 is 0 Å². The van der Waals surface area contributed by atoms with Crippen LogP contribution in [0.25, 0.3) is 0 Å². The lowest BCUT2D eigenvalue weighted by Crippen LogP contribution is -2.29. The number of aromatic nitrogens is 4. The summed E-state index contributed by atoms with van der Waals surface area (Å²) in [6.07, 6.45) is 0. The average molecular weight is 205 g/mol. The smallest absolute Gasteiger partial charge is 0.222 e. The number of nitrogens with zero attached hydrogens (tertiary/aromatic N) is 4. The van der Waals surface area contributed by atoms with Gasteiger partial charge in [-0.1, -0.05) is 5.10 Å². The Labute approximate surface area is 76.0 Å². The van der Waals surface area contributed by atoms with Gasteiger partial charge in [-0.2, -0.15) is 0 Å². The molecule has 7 nitrogen and oxygen atoms in total. The summed E-state index contributed by atoms with van der Waals surface area (Å²) in [6.45, 7) is 5.33. The third-order valence-electron chi connectivity index (χ3n) is 1.33. The monoisotopic (exact) mass is 205 g/mol. The van der Waals surface area contributed by atoms with E-state index in [0.29, 0.717) is 0 Å². The second kappa shape index (κ2) is 2.74. The molecular formula is C5H11N5O2S. The molecule has 0 aliphatic carbocycles. The molecule has 0 aliphatic rings. The molecule has 0 atom stereocenters. The van der Waals surface area contributed by atoms with Gasteiger partial charge in [-0.05, 0) is 31.2 Å². The lowest BCUT2D eigenvalue weighted by atomic mass is 10.1. The van der Waals surface area contributed by atoms with Crippen LogP contribution in [0.15, 0.2) is 5.16 Å². The SMILES string of the molecule is CC(C)(C)n1nnnc1S(N)(=O)=O. The molecule has 0 amide bonds. The Morgan fingerprint density at radius 1 is 1.38 bits per heavy atom. The summed E-state index contributed by atoms with van der Waals surface area (Å²) in [4.78, 5) is 0. The highest BCUT2D eigenvalue weighted by molar-refractivity contribution is 7.89. The maximum absolute atomic E-state index is 11.0. The minimum Gasteiger partial charge on any atom is -0.222 e. The van der Waals surface area contributed by atoms with E-state index in [2.05, 4.69) is 15.5 Å². The number of hydrogen-bond acceptors (Lipinski definition) is 5. The Balaban J connectivity index is 3.35. The molecule has 0 aliphatic heterocycles. The van der Waals surface area contributed by atoms with Gasteiger partial charge in [0.05, 0.1) is 5.54 Å². The van der Waals surface area contributed by atoms with Gasteiger partial charge in [0.2, 0.25) is 0 Å². The molecule has 0 aromatic carbocycles. The standard InChI is InChI=1S/C5H11N5O2S/c1-5(2,3)10-4(7-8-9-10)13(6,11)12/h1-3H3,(H2,6,11,12). The third-order valence-corrected chi connectivity index (χ3v) is 2.09. The first-order chi connectivity index (χ1) is 5.73. The topological polar surface area (TPSA) is 104 Å². The Bertz CT molecular complexity index is 401. The molecule has 0 bridgehead atoms. The first-order valence-corrected chi connectivity index (χ1v) is 5.09. The third kappa shape index (κ3) is 2.01. The largest absolute Gasteiger partial charge is 0.283 e. The second-order valence-electron chi connectivity index (χ2n) is 3.59. The van der Waals surface area contributed by atoms with E-state index in [1.165, 1.54) is 4.68 Å². The first kappa shape index (κ1) is 10.1. The van der Waals surface area contributed by atoms with E-state index < -0.39 is 15.6 Å². The molecular weight excluding hydrogens is 194 g/mol. The zero-order valence-electron chi connectivity index (χ0n) is 7.59. The molecule has 0 spiro atoms. The zero-order valence-corrected chi connectivity index (χ0v) is 8.41. The molecule has 1 heterocycles. The summed E-state index contributed by atoms with van der Waals surface area (Å²) in [5.74, 6) is 0. The van der Waals surface area contributed by atoms with Crippen molar-refractivity contribution in [1.29, 1.82) is 0 Å². The fourth-order valence-electron chi connectivity index (χ4n) is 0.777. The van der Waals surface area contributed by atoms with Crippen molar-refractivity contribution in [3.63, 3.8) is 0 Å². The van der Waals surface area contributed by atoms with Gasteiger partial charge < -0.3 is 0 Å². The molecule has 1 aromatic heterocycles. The van der Waals surface area contributed by atoms with Gasteiger partial charge in [0.15, 0.2) is 0 Å². The predicted octanol–water partition coefficient (Wildman–Crippen LogP) is -0.924. The van der Waals surface area contributed by atoms with Crippen LogP contribution in [0.4, 0.5) is 0 Å². The van der Waals surface area contributed by atoms with Crippen LogP contribution in [-0.4, -0.2) is 28.6 Å². The lowest BCUT2D eigenvalue weighted by Gasteiger charge is -2.18. The van der Waals surface area contributed by atoms with E-state index in [1.807, 2.05) is 0 Å². The molecule has 0 fully saturated rings. The number of tetrazole rings is 1. The molecule has 2 N–H and O–H groups in total. The Kier molecular flexibility index (Phi) is 2.12. The maximum Gasteiger partial charge on any atom is 0.283 e. The second-order valence-corrected chi connectivity index (χ2v) is 5.04. The van der Waals surface area contributed by atoms with Crippen LogP contribution >= 0.6 is 0 Å². The maximum atomic E-state index is 11.0. The average Bonchev–Trinajstić information content (AvgIpc) is 2.27. The molecule has 74 valence electrons. The van der Waals surface area contributed by atoms with E-state index in [0.717, 1.165) is 0 Å². The van der Waals surface area contributed by atoms with Crippen LogP contribution in [0, 0.1) is 0 Å². The molecule has 0 saturated carbocycles. The number of nitrogens with two attached hydrogens (primary N) is 1. The summed E-state index contributed by atoms with van der Waals surface area (Å²) in [5.41, 5.74) is -0.509. The number of primary sulfonamides is 1. The number of hydrogen-bond donors (Lipinski definition) is 1. The van der Waals surface area contributed by atoms with Crippen molar-refractivity contribution in [2.75, 3.05) is 0 Å². The van der Waals surface area contributed by atoms with Crippen LogP contribution in [0.3, 0.4) is 0 Å². The van der Waals surface area contributed by atoms with Crippen LogP contribution in [0.2, 0.25) is 0 Å². The summed E-state index contributed by atoms with van der Waals surface area (Å²) < 4.78 is 23.1. The normalized spacial score (nSPS) is 13.2. The molecule has 1 aromatic rings. The van der Waals surface area contributed by atoms with Crippen LogP contribution in [0.5, 0.6) is 0 Å². The minimum atomic E-state index is -3.85. The van der Waals surface area contributed by atoms with Gasteiger partial charge in [-0.15, -0.1) is 0 Å². The van der Waals surface area contributed by atoms with Gasteiger partial charge in [0.1, 0.15) is 0 Å². The fourth-order valence-corrected chi connectivity index (χ4v) is 1.48. The van der Waals surface area contributed by atoms with Crippen molar-refractivity contribution in [2.24, 2.45) is 5.14 Å². The van der Waals surface area contributed by atoms with E-state index in [1.54, 1.807) is 20.8 Å². The zero-order chi connectivity index (χ0) is 10.3. The van der Waals surface area contributed by atoms with Gasteiger partial charge in [0.25, 0.3) is 15.2 Å². The Morgan fingerprint density at radius 2 is 1.92 bits per heavy atom. The highest BCUT2D eigenvalue weighted by Crippen LogP contribution is 2.14. The van der Waals surface area contributed by atoms with Gasteiger partial charge in [-0.25, -0.2) is 18.2 Å². The van der Waals surface area contributed by atoms with E-state index in [-0.39, 0.29) is 5.16 Å². The van der Waals surface area contributed by atoms with Crippen LogP contribution in [-0.2, 0) is 15.6 Å². The van der Waals surface area contributed by atoms with Crippen LogP contribution < -0.4 is 5.14 Å². The predicted molar refractivity (Wildman–Crippen MR) is 44.2 cm³/mol. The lowest BCUT2D eigenvalue weighted by molar-refractivity contribution is 0.317. The van der Waals surface area contributed by atoms with Crippen molar-refractivity contribution >= 4 is 10.0 Å². The summed E-state index contributed by atoms with van der Waals surface area (Å²) >= 11 is 0. The van der Waals surface area contributed by atoms with E-state index in [4.69, 9.17) is 5.14 Å². The fraction of sp³-hybridized carbons (Fsp3) is 0.800. The van der Waals surface area contributed by atoms with Crippen molar-refractivity contribution < 1.29 is 8.42 Å². The van der Waals surface area contributed by atoms with Crippen molar-refractivity contribution in [1.82, 2.24) is 20.2 Å². The highest BCUT2D eigenvalue weighted by atomic mass is 32.2. The summed E-state index contributed by atoms with van der Waals surface area (Å²) in [5, 5.41) is 14.7. The molecule has 1 rings (SSSR count). The molecule has 8 heteroatoms. The van der Waals surface area contributed by atoms with Gasteiger partial charge in [-0.3, -0.25) is 0 Å².